The van der Waals surface area contributed by atoms with Crippen LogP contribution in [0.5, 0.6) is 0 Å². The number of allylic oxidation sites excluding steroid dienone is 2. The second kappa shape index (κ2) is 21.9. The topological polar surface area (TPSA) is 66.0 Å². The molecule has 0 unspecified atom stereocenters. The van der Waals surface area contributed by atoms with Crippen LogP contribution in [-0.2, 0) is 19.6 Å². The van der Waals surface area contributed by atoms with Crippen molar-refractivity contribution < 1.29 is 0 Å². The molecule has 0 aliphatic carbocycles. The Kier molecular flexibility index (Phi) is 19.5. The van der Waals surface area contributed by atoms with E-state index < -0.39 is 17.1 Å². The summed E-state index contributed by atoms with van der Waals surface area (Å²) in [7, 11) is 0. The maximum atomic E-state index is 12.6. The summed E-state index contributed by atoms with van der Waals surface area (Å²) < 4.78 is 3.31. The molecular formula is C31H55N3O3. The van der Waals surface area contributed by atoms with Crippen molar-refractivity contribution in [1.29, 1.82) is 0 Å². The van der Waals surface area contributed by atoms with Crippen molar-refractivity contribution in [3.8, 4) is 0 Å². The smallest absolute Gasteiger partial charge is 0.247 e. The summed E-state index contributed by atoms with van der Waals surface area (Å²) in [6, 6.07) is 0. The molecule has 37 heavy (non-hydrogen) atoms. The van der Waals surface area contributed by atoms with Crippen LogP contribution in [0.1, 0.15) is 135 Å². The van der Waals surface area contributed by atoms with Crippen LogP contribution in [-0.4, -0.2) is 13.7 Å². The maximum Gasteiger partial charge on any atom is 0.336 e. The fourth-order valence-electron chi connectivity index (χ4n) is 4.97. The van der Waals surface area contributed by atoms with Crippen LogP contribution >= 0.6 is 0 Å². The van der Waals surface area contributed by atoms with Crippen LogP contribution < -0.4 is 17.1 Å². The molecule has 6 heteroatoms. The van der Waals surface area contributed by atoms with E-state index >= 15 is 0 Å². The number of nitrogens with zero attached hydrogens (tertiary/aromatic N) is 3. The highest BCUT2D eigenvalue weighted by molar-refractivity contribution is 4.84. The minimum absolute atomic E-state index is 0.0916. The molecule has 1 heterocycles. The molecule has 0 aliphatic heterocycles. The summed E-state index contributed by atoms with van der Waals surface area (Å²) in [6.07, 6.45) is 29.2. The third kappa shape index (κ3) is 13.8. The average molecular weight is 518 g/mol. The Balaban J connectivity index is 2.08. The second-order valence-corrected chi connectivity index (χ2v) is 10.5. The van der Waals surface area contributed by atoms with Gasteiger partial charge in [0.15, 0.2) is 0 Å². The van der Waals surface area contributed by atoms with Gasteiger partial charge < -0.3 is 0 Å². The zero-order valence-corrected chi connectivity index (χ0v) is 23.9. The quantitative estimate of drug-likeness (QED) is 0.100. The number of hydrogen-bond donors (Lipinski definition) is 0. The standard InChI is InChI=1S/C31H55N3O3/c1-4-7-8-9-10-11-12-13-14-15-16-17-18-19-20-21-22-23-24-25-28-34-30(36)32(26-5-2)29(35)33(27-6-3)31(34)37/h5-6H,2-4,7-28H2,1H3. The summed E-state index contributed by atoms with van der Waals surface area (Å²) in [5, 5.41) is 0. The molecule has 0 bridgehead atoms. The Morgan fingerprint density at radius 1 is 0.459 bits per heavy atom. The molecule has 0 amide bonds. The molecule has 0 radical (unpaired) electrons. The number of unbranched alkanes of at least 4 members (excludes halogenated alkanes) is 19. The molecule has 0 aliphatic rings. The van der Waals surface area contributed by atoms with Gasteiger partial charge in [0, 0.05) is 6.54 Å². The number of hydrogen-bond acceptors (Lipinski definition) is 3. The van der Waals surface area contributed by atoms with Gasteiger partial charge in [0.05, 0.1) is 13.1 Å². The summed E-state index contributed by atoms with van der Waals surface area (Å²) in [5.41, 5.74) is -1.70. The molecule has 6 nitrogen and oxygen atoms in total. The third-order valence-electron chi connectivity index (χ3n) is 7.24. The van der Waals surface area contributed by atoms with Gasteiger partial charge in [0.25, 0.3) is 0 Å². The van der Waals surface area contributed by atoms with Gasteiger partial charge >= 0.3 is 17.1 Å². The van der Waals surface area contributed by atoms with E-state index in [0.29, 0.717) is 6.54 Å². The monoisotopic (exact) mass is 517 g/mol. The first kappa shape index (κ1) is 32.9. The van der Waals surface area contributed by atoms with Crippen molar-refractivity contribution in [1.82, 2.24) is 13.7 Å². The molecule has 212 valence electrons. The molecule has 1 rings (SSSR count). The van der Waals surface area contributed by atoms with Crippen molar-refractivity contribution in [2.45, 2.75) is 155 Å². The van der Waals surface area contributed by atoms with Crippen LogP contribution in [0.15, 0.2) is 39.7 Å². The first-order valence-corrected chi connectivity index (χ1v) is 15.2. The Bertz CT molecular complexity index is 861. The van der Waals surface area contributed by atoms with E-state index in [4.69, 9.17) is 0 Å². The summed E-state index contributed by atoms with van der Waals surface area (Å²) >= 11 is 0. The van der Waals surface area contributed by atoms with Crippen molar-refractivity contribution >= 4 is 0 Å². The Labute approximate surface area is 225 Å². The van der Waals surface area contributed by atoms with Gasteiger partial charge in [0.1, 0.15) is 0 Å². The van der Waals surface area contributed by atoms with Crippen molar-refractivity contribution in [2.24, 2.45) is 0 Å². The van der Waals surface area contributed by atoms with Gasteiger partial charge in [-0.2, -0.15) is 0 Å². The van der Waals surface area contributed by atoms with E-state index in [0.717, 1.165) is 28.4 Å². The summed E-state index contributed by atoms with van der Waals surface area (Å²) in [4.78, 5) is 37.7. The molecule has 1 aromatic heterocycles. The van der Waals surface area contributed by atoms with Crippen LogP contribution in [0.2, 0.25) is 0 Å². The lowest BCUT2D eigenvalue weighted by atomic mass is 10.0. The maximum absolute atomic E-state index is 12.6. The highest BCUT2D eigenvalue weighted by Gasteiger charge is 2.13. The Hall–Kier alpha value is -2.11. The normalized spacial score (nSPS) is 11.2. The van der Waals surface area contributed by atoms with Crippen molar-refractivity contribution in [3.05, 3.63) is 56.8 Å². The van der Waals surface area contributed by atoms with Crippen LogP contribution in [0.3, 0.4) is 0 Å². The molecule has 0 aromatic carbocycles. The highest BCUT2D eigenvalue weighted by Crippen LogP contribution is 2.14. The van der Waals surface area contributed by atoms with Crippen molar-refractivity contribution in [2.75, 3.05) is 0 Å². The average Bonchev–Trinajstić information content (AvgIpc) is 2.89. The largest absolute Gasteiger partial charge is 0.336 e. The van der Waals surface area contributed by atoms with E-state index in [1.165, 1.54) is 126 Å². The number of rotatable bonds is 25. The van der Waals surface area contributed by atoms with Gasteiger partial charge in [-0.25, -0.2) is 28.1 Å². The first-order chi connectivity index (χ1) is 18.1. The van der Waals surface area contributed by atoms with Gasteiger partial charge in [0.2, 0.25) is 0 Å². The molecule has 1 aromatic rings. The first-order valence-electron chi connectivity index (χ1n) is 15.2. The highest BCUT2D eigenvalue weighted by atomic mass is 16.2. The minimum atomic E-state index is -0.602. The molecule has 0 N–H and O–H groups in total. The van der Waals surface area contributed by atoms with Gasteiger partial charge in [-0.05, 0) is 6.42 Å². The lowest BCUT2D eigenvalue weighted by Gasteiger charge is -2.12. The third-order valence-corrected chi connectivity index (χ3v) is 7.24. The fourth-order valence-corrected chi connectivity index (χ4v) is 4.97. The van der Waals surface area contributed by atoms with E-state index in [-0.39, 0.29) is 13.1 Å². The molecule has 0 saturated heterocycles. The predicted molar refractivity (Wildman–Crippen MR) is 158 cm³/mol. The van der Waals surface area contributed by atoms with Gasteiger partial charge in [-0.3, -0.25) is 0 Å². The Morgan fingerprint density at radius 3 is 1.03 bits per heavy atom. The fraction of sp³-hybridized carbons (Fsp3) is 0.774. The van der Waals surface area contributed by atoms with E-state index in [1.54, 1.807) is 0 Å². The lowest BCUT2D eigenvalue weighted by molar-refractivity contribution is 0.455. The van der Waals surface area contributed by atoms with Gasteiger partial charge in [-0.1, -0.05) is 141 Å². The minimum Gasteiger partial charge on any atom is -0.247 e. The second-order valence-electron chi connectivity index (χ2n) is 10.5. The van der Waals surface area contributed by atoms with Gasteiger partial charge in [-0.15, -0.1) is 13.2 Å². The van der Waals surface area contributed by atoms with E-state index in [2.05, 4.69) is 20.1 Å². The van der Waals surface area contributed by atoms with Crippen LogP contribution in [0.25, 0.3) is 0 Å². The molecule has 0 atom stereocenters. The summed E-state index contributed by atoms with van der Waals surface area (Å²) in [6.45, 7) is 10.0. The SMILES string of the molecule is C=CCn1c(=O)n(CC=C)c(=O)n(CCCCCCCCCCCCCCCCCCCCCC)c1=O. The molecule has 0 fully saturated rings. The van der Waals surface area contributed by atoms with Crippen molar-refractivity contribution in [3.63, 3.8) is 0 Å². The molecule has 0 saturated carbocycles. The molecular weight excluding hydrogens is 462 g/mol. The van der Waals surface area contributed by atoms with E-state index in [1.807, 2.05) is 0 Å². The van der Waals surface area contributed by atoms with Crippen LogP contribution in [0, 0.1) is 0 Å². The van der Waals surface area contributed by atoms with Crippen LogP contribution in [0.4, 0.5) is 0 Å². The predicted octanol–water partition coefficient (Wildman–Crippen LogP) is 7.37. The van der Waals surface area contributed by atoms with E-state index in [9.17, 15) is 14.4 Å². The zero-order chi connectivity index (χ0) is 27.1. The zero-order valence-electron chi connectivity index (χ0n) is 23.9. The molecule has 0 spiro atoms. The summed E-state index contributed by atoms with van der Waals surface area (Å²) in [5.74, 6) is 0. The Morgan fingerprint density at radius 2 is 0.730 bits per heavy atom. The number of aromatic nitrogens is 3. The lowest BCUT2D eigenvalue weighted by Crippen LogP contribution is -2.54.